The number of nitrogens with zero attached hydrogens (tertiary/aromatic N) is 3. The van der Waals surface area contributed by atoms with Gasteiger partial charge in [0.25, 0.3) is 0 Å². The zero-order valence-electron chi connectivity index (χ0n) is 26.5. The van der Waals surface area contributed by atoms with Crippen molar-refractivity contribution in [2.24, 2.45) is 17.3 Å². The second-order valence-electron chi connectivity index (χ2n) is 13.9. The van der Waals surface area contributed by atoms with E-state index in [2.05, 4.69) is 15.0 Å². The maximum atomic E-state index is 14.1. The van der Waals surface area contributed by atoms with Crippen molar-refractivity contribution in [3.63, 3.8) is 0 Å². The summed E-state index contributed by atoms with van der Waals surface area (Å²) in [6.45, 7) is 10.6. The van der Waals surface area contributed by atoms with Gasteiger partial charge in [-0.05, 0) is 57.1 Å². The molecule has 1 aromatic heterocycles. The molecule has 10 nitrogen and oxygen atoms in total. The number of alkyl carbamates (subject to hydrolysis) is 1. The highest BCUT2D eigenvalue weighted by Crippen LogP contribution is 2.49. The van der Waals surface area contributed by atoms with Gasteiger partial charge < -0.3 is 24.4 Å². The van der Waals surface area contributed by atoms with E-state index in [-0.39, 0.29) is 29.6 Å². The molecule has 0 spiro atoms. The fraction of sp³-hybridized carbons (Fsp3) is 0.656. The van der Waals surface area contributed by atoms with Crippen molar-refractivity contribution in [2.75, 3.05) is 6.54 Å². The average Bonchev–Trinajstić information content (AvgIpc) is 3.42. The Hall–Kier alpha value is -3.64. The summed E-state index contributed by atoms with van der Waals surface area (Å²) in [5, 5.41) is 2.79. The molecule has 0 unspecified atom stereocenters. The number of benzene rings is 1. The fourth-order valence-electron chi connectivity index (χ4n) is 6.57. The van der Waals surface area contributed by atoms with Crippen LogP contribution in [-0.4, -0.2) is 69.3 Å². The van der Waals surface area contributed by atoms with Gasteiger partial charge in [-0.2, -0.15) is 0 Å². The Kier molecular flexibility index (Phi) is 8.69. The lowest BCUT2D eigenvalue weighted by atomic mass is 9.85. The number of ketones is 1. The number of aromatic nitrogens is 2. The fourth-order valence-corrected chi connectivity index (χ4v) is 6.57. The van der Waals surface area contributed by atoms with E-state index in [1.54, 1.807) is 6.92 Å². The molecule has 3 heterocycles. The van der Waals surface area contributed by atoms with Crippen LogP contribution < -0.4 is 14.8 Å². The standard InChI is InChI=1S/C32H41F3N4O6/c1-17-24-16-39(25(17)18(2)40)28(41)26(30(3,4)5)38-29(42)45-31(6)15-19(31)10-8-7-9-11-22-27(43-24)37-23-14-20(44-32(33,34)35)12-13-21(23)36-22/h12-14,17,19,24-26H,7-11,15-16H2,1-6H3,(H,38,42)/t17-,19-,24+,25+,26-,31-/m1/s1. The minimum atomic E-state index is -4.87. The highest BCUT2D eigenvalue weighted by Gasteiger charge is 2.54. The van der Waals surface area contributed by atoms with Crippen LogP contribution in [0.25, 0.3) is 11.0 Å². The molecule has 246 valence electrons. The van der Waals surface area contributed by atoms with E-state index in [4.69, 9.17) is 14.5 Å². The number of alkyl halides is 3. The summed E-state index contributed by atoms with van der Waals surface area (Å²) in [5.74, 6) is -1.22. The lowest BCUT2D eigenvalue weighted by Gasteiger charge is -2.35. The molecule has 1 N–H and O–H groups in total. The van der Waals surface area contributed by atoms with Gasteiger partial charge in [0, 0.05) is 17.9 Å². The molecule has 2 aliphatic heterocycles. The molecule has 5 rings (SSSR count). The van der Waals surface area contributed by atoms with Gasteiger partial charge in [-0.1, -0.05) is 40.5 Å². The Labute approximate surface area is 260 Å². The SMILES string of the molecule is CC(=O)[C@@H]1[C@H](C)[C@@H]2CN1C(=O)[C@H](C(C)(C)C)NC(=O)O[C@]1(C)C[C@H]1CCCCCc1nc3ccc(OC(F)(F)F)cc3nc1O2. The van der Waals surface area contributed by atoms with Crippen molar-refractivity contribution in [2.45, 2.75) is 110 Å². The highest BCUT2D eigenvalue weighted by molar-refractivity contribution is 5.92. The van der Waals surface area contributed by atoms with E-state index in [1.165, 1.54) is 24.0 Å². The number of nitrogens with one attached hydrogen (secondary N) is 1. The van der Waals surface area contributed by atoms with Crippen molar-refractivity contribution in [3.05, 3.63) is 23.9 Å². The molecule has 2 bridgehead atoms. The molecule has 1 saturated heterocycles. The molecule has 6 atom stereocenters. The Bertz CT molecular complexity index is 1480. The van der Waals surface area contributed by atoms with E-state index >= 15 is 0 Å². The third-order valence-electron chi connectivity index (χ3n) is 9.19. The maximum absolute atomic E-state index is 14.1. The minimum absolute atomic E-state index is 0.0315. The minimum Gasteiger partial charge on any atom is -0.471 e. The number of fused-ring (bicyclic) bond motifs is 5. The van der Waals surface area contributed by atoms with Crippen LogP contribution in [0.15, 0.2) is 18.2 Å². The van der Waals surface area contributed by atoms with Crippen molar-refractivity contribution >= 4 is 28.8 Å². The normalized spacial score (nSPS) is 29.8. The van der Waals surface area contributed by atoms with E-state index in [1.807, 2.05) is 27.7 Å². The summed E-state index contributed by atoms with van der Waals surface area (Å²) in [6.07, 6.45) is -1.58. The molecule has 1 aliphatic carbocycles. The van der Waals surface area contributed by atoms with Gasteiger partial charge in [0.2, 0.25) is 11.8 Å². The summed E-state index contributed by atoms with van der Waals surface area (Å²) in [4.78, 5) is 50.8. The molecule has 2 fully saturated rings. The predicted octanol–water partition coefficient (Wildman–Crippen LogP) is 5.75. The van der Waals surface area contributed by atoms with Crippen LogP contribution in [0.4, 0.5) is 18.0 Å². The van der Waals surface area contributed by atoms with Crippen molar-refractivity contribution < 1.29 is 41.8 Å². The van der Waals surface area contributed by atoms with E-state index < -0.39 is 59.2 Å². The number of Topliss-reactive ketones (excluding diaryl/α,β-unsaturated/α-hetero) is 1. The zero-order valence-corrected chi connectivity index (χ0v) is 26.5. The molecule has 45 heavy (non-hydrogen) atoms. The summed E-state index contributed by atoms with van der Waals surface area (Å²) >= 11 is 0. The number of hydrogen-bond donors (Lipinski definition) is 1. The monoisotopic (exact) mass is 634 g/mol. The second kappa shape index (κ2) is 11.9. The number of rotatable bonds is 2. The number of carbonyl (C=O) groups excluding carboxylic acids is 3. The first-order valence-corrected chi connectivity index (χ1v) is 15.5. The quantitative estimate of drug-likeness (QED) is 0.444. The van der Waals surface area contributed by atoms with Gasteiger partial charge in [-0.3, -0.25) is 9.59 Å². The van der Waals surface area contributed by atoms with Gasteiger partial charge in [-0.25, -0.2) is 14.8 Å². The van der Waals surface area contributed by atoms with Crippen molar-refractivity contribution in [3.8, 4) is 11.6 Å². The van der Waals surface area contributed by atoms with Crippen LogP contribution >= 0.6 is 0 Å². The molecular weight excluding hydrogens is 593 g/mol. The third-order valence-corrected chi connectivity index (χ3v) is 9.19. The van der Waals surface area contributed by atoms with Crippen LogP contribution in [0.5, 0.6) is 11.6 Å². The third kappa shape index (κ3) is 7.27. The average molecular weight is 635 g/mol. The number of carbonyl (C=O) groups is 3. The molecule has 3 aliphatic rings. The first kappa shape index (κ1) is 32.7. The van der Waals surface area contributed by atoms with E-state index in [0.29, 0.717) is 17.6 Å². The smallest absolute Gasteiger partial charge is 0.471 e. The van der Waals surface area contributed by atoms with Gasteiger partial charge in [0.05, 0.1) is 23.6 Å². The van der Waals surface area contributed by atoms with Crippen LogP contribution in [-0.2, 0) is 20.7 Å². The Morgan fingerprint density at radius 2 is 1.84 bits per heavy atom. The summed E-state index contributed by atoms with van der Waals surface area (Å²) in [5.41, 5.74) is -0.221. The number of aryl methyl sites for hydroxylation is 1. The molecule has 0 radical (unpaired) electrons. The summed E-state index contributed by atoms with van der Waals surface area (Å²) in [7, 11) is 0. The van der Waals surface area contributed by atoms with Crippen LogP contribution in [0.3, 0.4) is 0 Å². The van der Waals surface area contributed by atoms with Crippen LogP contribution in [0.1, 0.15) is 79.3 Å². The van der Waals surface area contributed by atoms with Gasteiger partial charge in [0.15, 0.2) is 5.78 Å². The number of halogens is 3. The Balaban J connectivity index is 1.52. The zero-order chi connectivity index (χ0) is 32.9. The molecule has 2 aromatic rings. The second-order valence-corrected chi connectivity index (χ2v) is 13.9. The summed E-state index contributed by atoms with van der Waals surface area (Å²) < 4.78 is 55.0. The Morgan fingerprint density at radius 1 is 1.11 bits per heavy atom. The molecule has 13 heteroatoms. The van der Waals surface area contributed by atoms with E-state index in [9.17, 15) is 27.6 Å². The lowest BCUT2D eigenvalue weighted by molar-refractivity contribution is -0.274. The van der Waals surface area contributed by atoms with Crippen molar-refractivity contribution in [1.29, 1.82) is 0 Å². The van der Waals surface area contributed by atoms with Crippen LogP contribution in [0.2, 0.25) is 0 Å². The highest BCUT2D eigenvalue weighted by atomic mass is 19.4. The largest absolute Gasteiger partial charge is 0.573 e. The van der Waals surface area contributed by atoms with Crippen LogP contribution in [0, 0.1) is 17.3 Å². The maximum Gasteiger partial charge on any atom is 0.573 e. The molecule has 2 amide bonds. The summed E-state index contributed by atoms with van der Waals surface area (Å²) in [6, 6.07) is 1.95. The van der Waals surface area contributed by atoms with Crippen molar-refractivity contribution in [1.82, 2.24) is 20.2 Å². The predicted molar refractivity (Wildman–Crippen MR) is 158 cm³/mol. The number of amides is 2. The lowest BCUT2D eigenvalue weighted by Crippen LogP contribution is -2.57. The topological polar surface area (TPSA) is 120 Å². The Morgan fingerprint density at radius 3 is 2.51 bits per heavy atom. The molecule has 1 saturated carbocycles. The van der Waals surface area contributed by atoms with E-state index in [0.717, 1.165) is 38.2 Å². The number of ether oxygens (including phenoxy) is 3. The number of hydrogen-bond acceptors (Lipinski definition) is 8. The molecular formula is C32H41F3N4O6. The molecule has 1 aromatic carbocycles. The first-order chi connectivity index (χ1) is 20.9. The first-order valence-electron chi connectivity index (χ1n) is 15.5. The van der Waals surface area contributed by atoms with Gasteiger partial charge in [0.1, 0.15) is 29.2 Å². The van der Waals surface area contributed by atoms with Gasteiger partial charge >= 0.3 is 12.5 Å². The van der Waals surface area contributed by atoms with Gasteiger partial charge in [-0.15, -0.1) is 13.2 Å².